The molecular weight excluding hydrogens is 420 g/mol. The van der Waals surface area contributed by atoms with Gasteiger partial charge in [0.25, 0.3) is 10.0 Å². The third-order valence-corrected chi connectivity index (χ3v) is 6.89. The highest BCUT2D eigenvalue weighted by atomic mass is 35.5. The summed E-state index contributed by atoms with van der Waals surface area (Å²) >= 11 is 7.55. The van der Waals surface area contributed by atoms with Crippen LogP contribution in [0.4, 0.5) is 5.69 Å². The van der Waals surface area contributed by atoms with Crippen LogP contribution in [-0.4, -0.2) is 26.4 Å². The average molecular weight is 437 g/mol. The van der Waals surface area contributed by atoms with Crippen molar-refractivity contribution in [3.8, 4) is 0 Å². The van der Waals surface area contributed by atoms with E-state index in [2.05, 4.69) is 4.98 Å². The molecule has 0 saturated carbocycles. The van der Waals surface area contributed by atoms with Crippen LogP contribution < -0.4 is 4.31 Å². The number of benzene rings is 2. The highest BCUT2D eigenvalue weighted by Crippen LogP contribution is 2.26. The molecule has 28 heavy (non-hydrogen) atoms. The van der Waals surface area contributed by atoms with Gasteiger partial charge in [-0.3, -0.25) is 4.31 Å². The Hall–Kier alpha value is -2.42. The number of aryl methyl sites for hydroxylation is 1. The first-order chi connectivity index (χ1) is 13.3. The van der Waals surface area contributed by atoms with E-state index in [9.17, 15) is 13.2 Å². The molecule has 0 fully saturated rings. The van der Waals surface area contributed by atoms with Crippen molar-refractivity contribution in [2.75, 3.05) is 11.4 Å². The van der Waals surface area contributed by atoms with E-state index >= 15 is 0 Å². The number of carbonyl (C=O) groups is 1. The molecule has 0 saturated heterocycles. The van der Waals surface area contributed by atoms with Crippen molar-refractivity contribution in [1.29, 1.82) is 0 Å². The van der Waals surface area contributed by atoms with Crippen LogP contribution in [-0.2, 0) is 21.4 Å². The molecule has 0 amide bonds. The monoisotopic (exact) mass is 436 g/mol. The highest BCUT2D eigenvalue weighted by molar-refractivity contribution is 7.92. The first kappa shape index (κ1) is 20.3. The fourth-order valence-electron chi connectivity index (χ4n) is 2.45. The SMILES string of the molecule is Cc1nc(COC(=O)c2cc(S(=O)(=O)N(C)c3ccccc3)ccc2Cl)cs1. The Morgan fingerprint density at radius 2 is 1.93 bits per heavy atom. The number of esters is 1. The number of ether oxygens (including phenoxy) is 1. The van der Waals surface area contributed by atoms with Crippen LogP contribution >= 0.6 is 22.9 Å². The number of nitrogens with zero attached hydrogens (tertiary/aromatic N) is 2. The molecule has 0 aliphatic heterocycles. The van der Waals surface area contributed by atoms with Crippen LogP contribution in [0.15, 0.2) is 58.8 Å². The Morgan fingerprint density at radius 3 is 2.57 bits per heavy atom. The predicted molar refractivity (Wildman–Crippen MR) is 109 cm³/mol. The summed E-state index contributed by atoms with van der Waals surface area (Å²) in [5.41, 5.74) is 1.11. The van der Waals surface area contributed by atoms with Crippen LogP contribution in [0.5, 0.6) is 0 Å². The molecule has 0 unspecified atom stereocenters. The molecule has 9 heteroatoms. The molecule has 0 aliphatic rings. The molecule has 1 heterocycles. The average Bonchev–Trinajstić information content (AvgIpc) is 3.11. The Kier molecular flexibility index (Phi) is 6.02. The van der Waals surface area contributed by atoms with E-state index in [-0.39, 0.29) is 22.1 Å². The molecule has 0 bridgehead atoms. The summed E-state index contributed by atoms with van der Waals surface area (Å²) in [7, 11) is -2.43. The largest absolute Gasteiger partial charge is 0.456 e. The maximum Gasteiger partial charge on any atom is 0.340 e. The lowest BCUT2D eigenvalue weighted by molar-refractivity contribution is 0.0468. The van der Waals surface area contributed by atoms with Gasteiger partial charge in [-0.05, 0) is 37.3 Å². The van der Waals surface area contributed by atoms with Crippen molar-refractivity contribution in [1.82, 2.24) is 4.98 Å². The van der Waals surface area contributed by atoms with Gasteiger partial charge >= 0.3 is 5.97 Å². The topological polar surface area (TPSA) is 76.6 Å². The quantitative estimate of drug-likeness (QED) is 0.539. The van der Waals surface area contributed by atoms with Crippen LogP contribution in [0.25, 0.3) is 0 Å². The van der Waals surface area contributed by atoms with Gasteiger partial charge in [-0.1, -0.05) is 29.8 Å². The molecule has 6 nitrogen and oxygen atoms in total. The fourth-order valence-corrected chi connectivity index (χ4v) is 4.46. The van der Waals surface area contributed by atoms with Gasteiger partial charge in [0.05, 0.1) is 31.9 Å². The smallest absolute Gasteiger partial charge is 0.340 e. The van der Waals surface area contributed by atoms with E-state index in [1.54, 1.807) is 35.7 Å². The molecular formula is C19H17ClN2O4S2. The van der Waals surface area contributed by atoms with Gasteiger partial charge in [-0.2, -0.15) is 0 Å². The normalized spacial score (nSPS) is 11.2. The van der Waals surface area contributed by atoms with Crippen LogP contribution in [0.2, 0.25) is 5.02 Å². The summed E-state index contributed by atoms with van der Waals surface area (Å²) in [6.07, 6.45) is 0. The lowest BCUT2D eigenvalue weighted by atomic mass is 10.2. The molecule has 1 aromatic heterocycles. The van der Waals surface area contributed by atoms with Gasteiger partial charge in [-0.15, -0.1) is 11.3 Å². The number of carbonyl (C=O) groups excluding carboxylic acids is 1. The number of para-hydroxylation sites is 1. The van der Waals surface area contributed by atoms with Crippen LogP contribution in [0.3, 0.4) is 0 Å². The van der Waals surface area contributed by atoms with Crippen molar-refractivity contribution < 1.29 is 17.9 Å². The summed E-state index contributed by atoms with van der Waals surface area (Å²) in [6, 6.07) is 12.6. The minimum atomic E-state index is -3.87. The number of thiazole rings is 1. The Bertz CT molecular complexity index is 1100. The number of sulfonamides is 1. The summed E-state index contributed by atoms with van der Waals surface area (Å²) in [4.78, 5) is 16.6. The Labute approximate surface area is 172 Å². The van der Waals surface area contributed by atoms with Crippen molar-refractivity contribution >= 4 is 44.6 Å². The number of rotatable bonds is 6. The summed E-state index contributed by atoms with van der Waals surface area (Å²) in [5, 5.41) is 2.77. The number of anilines is 1. The van der Waals surface area contributed by atoms with E-state index in [1.165, 1.54) is 36.6 Å². The minimum Gasteiger partial charge on any atom is -0.456 e. The zero-order chi connectivity index (χ0) is 20.3. The maximum atomic E-state index is 12.9. The van der Waals surface area contributed by atoms with E-state index < -0.39 is 16.0 Å². The van der Waals surface area contributed by atoms with Crippen molar-refractivity contribution in [2.24, 2.45) is 0 Å². The van der Waals surface area contributed by atoms with Crippen molar-refractivity contribution in [3.63, 3.8) is 0 Å². The minimum absolute atomic E-state index is 0.0135. The lowest BCUT2D eigenvalue weighted by Gasteiger charge is -2.20. The van der Waals surface area contributed by atoms with Gasteiger partial charge in [0, 0.05) is 12.4 Å². The van der Waals surface area contributed by atoms with Gasteiger partial charge in [-0.25, -0.2) is 18.2 Å². The third kappa shape index (κ3) is 4.35. The van der Waals surface area contributed by atoms with E-state index in [0.29, 0.717) is 11.4 Å². The van der Waals surface area contributed by atoms with Gasteiger partial charge in [0.1, 0.15) is 6.61 Å². The van der Waals surface area contributed by atoms with E-state index in [4.69, 9.17) is 16.3 Å². The summed E-state index contributed by atoms with van der Waals surface area (Å²) < 4.78 is 32.2. The van der Waals surface area contributed by atoms with E-state index in [0.717, 1.165) is 9.31 Å². The zero-order valence-corrected chi connectivity index (χ0v) is 17.5. The van der Waals surface area contributed by atoms with Crippen molar-refractivity contribution in [2.45, 2.75) is 18.4 Å². The molecule has 2 aromatic carbocycles. The molecule has 0 atom stereocenters. The summed E-state index contributed by atoms with van der Waals surface area (Å²) in [6.45, 7) is 1.84. The predicted octanol–water partition coefficient (Wildman–Crippen LogP) is 4.29. The van der Waals surface area contributed by atoms with Gasteiger partial charge in [0.15, 0.2) is 0 Å². The number of halogens is 1. The second-order valence-electron chi connectivity index (χ2n) is 5.88. The van der Waals surface area contributed by atoms with Gasteiger partial charge in [0.2, 0.25) is 0 Å². The fraction of sp³-hybridized carbons (Fsp3) is 0.158. The number of aromatic nitrogens is 1. The van der Waals surface area contributed by atoms with E-state index in [1.807, 2.05) is 6.92 Å². The van der Waals surface area contributed by atoms with Crippen LogP contribution in [0.1, 0.15) is 21.1 Å². The molecule has 0 aliphatic carbocycles. The first-order valence-electron chi connectivity index (χ1n) is 8.20. The first-order valence-corrected chi connectivity index (χ1v) is 10.9. The summed E-state index contributed by atoms with van der Waals surface area (Å²) in [5.74, 6) is -0.713. The van der Waals surface area contributed by atoms with Crippen molar-refractivity contribution in [3.05, 3.63) is 75.2 Å². The van der Waals surface area contributed by atoms with Crippen LogP contribution in [0, 0.1) is 6.92 Å². The number of hydrogen-bond acceptors (Lipinski definition) is 6. The Balaban J connectivity index is 1.85. The molecule has 3 aromatic rings. The standard InChI is InChI=1S/C19H17ClN2O4S2/c1-13-21-14(12-27-13)11-26-19(23)17-10-16(8-9-18(17)20)28(24,25)22(2)15-6-4-3-5-7-15/h3-10,12H,11H2,1-2H3. The van der Waals surface area contributed by atoms with Gasteiger partial charge < -0.3 is 4.74 Å². The molecule has 0 N–H and O–H groups in total. The highest BCUT2D eigenvalue weighted by Gasteiger charge is 2.24. The zero-order valence-electron chi connectivity index (χ0n) is 15.1. The molecule has 0 radical (unpaired) electrons. The number of hydrogen-bond donors (Lipinski definition) is 0. The molecule has 146 valence electrons. The maximum absolute atomic E-state index is 12.9. The second-order valence-corrected chi connectivity index (χ2v) is 9.32. The lowest BCUT2D eigenvalue weighted by Crippen LogP contribution is -2.26. The molecule has 0 spiro atoms. The Morgan fingerprint density at radius 1 is 1.21 bits per heavy atom. The second kappa shape index (κ2) is 8.30. The molecule has 3 rings (SSSR count). The third-order valence-electron chi connectivity index (χ3n) is 3.95.